The Kier molecular flexibility index (Phi) is 5.50. The molecule has 0 saturated heterocycles. The van der Waals surface area contributed by atoms with Gasteiger partial charge in [0.15, 0.2) is 0 Å². The number of non-ortho nitro benzene ring substituents is 1. The molecule has 182 valence electrons. The van der Waals surface area contributed by atoms with Crippen LogP contribution in [0.15, 0.2) is 35.0 Å². The first kappa shape index (κ1) is 23.0. The molecular formula is C25H31N3O6. The van der Waals surface area contributed by atoms with Gasteiger partial charge in [0.05, 0.1) is 27.7 Å². The molecule has 1 aromatic rings. The van der Waals surface area contributed by atoms with Gasteiger partial charge in [-0.2, -0.15) is 0 Å². The van der Waals surface area contributed by atoms with Gasteiger partial charge < -0.3 is 9.94 Å². The van der Waals surface area contributed by atoms with Gasteiger partial charge in [0.2, 0.25) is 5.75 Å². The number of aliphatic hydroxyl groups is 1. The number of hydrogen-bond acceptors (Lipinski definition) is 7. The quantitative estimate of drug-likeness (QED) is 0.454. The minimum absolute atomic E-state index is 0.0628. The van der Waals surface area contributed by atoms with Gasteiger partial charge in [-0.1, -0.05) is 24.6 Å². The SMILES string of the molecule is C[C@]12CC[C@H]3[C@@H](CCC4=C/C(=N\Oc5ccc([N+](=O)[O-])cc5[N+](=O)[O-])CC[C@@]43C)[C@@H]1CC[C@@H]2O. The first-order valence-corrected chi connectivity index (χ1v) is 12.2. The summed E-state index contributed by atoms with van der Waals surface area (Å²) >= 11 is 0. The maximum Gasteiger partial charge on any atom is 0.321 e. The average molecular weight is 470 g/mol. The molecule has 3 fully saturated rings. The van der Waals surface area contributed by atoms with Crippen molar-refractivity contribution in [2.24, 2.45) is 33.7 Å². The first-order chi connectivity index (χ1) is 16.1. The van der Waals surface area contributed by atoms with Crippen molar-refractivity contribution in [1.29, 1.82) is 0 Å². The first-order valence-electron chi connectivity index (χ1n) is 12.2. The highest BCUT2D eigenvalue weighted by molar-refractivity contribution is 5.96. The number of fused-ring (bicyclic) bond motifs is 5. The highest BCUT2D eigenvalue weighted by Gasteiger charge is 2.58. The Morgan fingerprint density at radius 3 is 2.56 bits per heavy atom. The van der Waals surface area contributed by atoms with E-state index in [0.717, 1.165) is 56.7 Å². The van der Waals surface area contributed by atoms with E-state index in [0.29, 0.717) is 24.2 Å². The Hall–Kier alpha value is -2.81. The molecule has 34 heavy (non-hydrogen) atoms. The van der Waals surface area contributed by atoms with Crippen molar-refractivity contribution >= 4 is 17.1 Å². The fourth-order valence-corrected chi connectivity index (χ4v) is 7.56. The van der Waals surface area contributed by atoms with E-state index >= 15 is 0 Å². The number of oxime groups is 1. The van der Waals surface area contributed by atoms with Gasteiger partial charge in [0.25, 0.3) is 5.69 Å². The smallest absolute Gasteiger partial charge is 0.321 e. The number of nitro benzene ring substituents is 2. The summed E-state index contributed by atoms with van der Waals surface area (Å²) in [5.74, 6) is 1.75. The Bertz CT molecular complexity index is 1100. The van der Waals surface area contributed by atoms with E-state index in [2.05, 4.69) is 25.1 Å². The van der Waals surface area contributed by atoms with Gasteiger partial charge in [-0.25, -0.2) is 0 Å². The summed E-state index contributed by atoms with van der Waals surface area (Å²) in [5.41, 5.74) is 1.45. The Balaban J connectivity index is 1.36. The fourth-order valence-electron chi connectivity index (χ4n) is 7.56. The second-order valence-electron chi connectivity index (χ2n) is 11.0. The minimum atomic E-state index is -0.697. The van der Waals surface area contributed by atoms with Gasteiger partial charge in [0, 0.05) is 6.07 Å². The molecule has 6 atom stereocenters. The van der Waals surface area contributed by atoms with Crippen LogP contribution in [0.4, 0.5) is 11.4 Å². The van der Waals surface area contributed by atoms with Crippen LogP contribution in [-0.4, -0.2) is 26.8 Å². The zero-order chi connectivity index (χ0) is 24.3. The molecule has 9 nitrogen and oxygen atoms in total. The lowest BCUT2D eigenvalue weighted by atomic mass is 9.47. The Labute approximate surface area is 198 Å². The van der Waals surface area contributed by atoms with Crippen LogP contribution < -0.4 is 4.84 Å². The summed E-state index contributed by atoms with van der Waals surface area (Å²) in [6.07, 6.45) is 10.00. The van der Waals surface area contributed by atoms with Crippen molar-refractivity contribution in [2.45, 2.75) is 71.3 Å². The lowest BCUT2D eigenvalue weighted by Gasteiger charge is -2.57. The van der Waals surface area contributed by atoms with E-state index in [-0.39, 0.29) is 28.4 Å². The normalized spacial score (nSPS) is 37.9. The third-order valence-electron chi connectivity index (χ3n) is 9.54. The van der Waals surface area contributed by atoms with Crippen LogP contribution in [0.5, 0.6) is 5.75 Å². The Morgan fingerprint density at radius 2 is 1.82 bits per heavy atom. The highest BCUT2D eigenvalue weighted by Crippen LogP contribution is 2.65. The van der Waals surface area contributed by atoms with E-state index in [4.69, 9.17) is 4.84 Å². The van der Waals surface area contributed by atoms with Crippen molar-refractivity contribution in [3.8, 4) is 5.75 Å². The third kappa shape index (κ3) is 3.52. The summed E-state index contributed by atoms with van der Waals surface area (Å²) in [6.45, 7) is 4.67. The second-order valence-corrected chi connectivity index (χ2v) is 11.0. The average Bonchev–Trinajstić information content (AvgIpc) is 3.11. The summed E-state index contributed by atoms with van der Waals surface area (Å²) in [5, 5.41) is 37.1. The van der Waals surface area contributed by atoms with E-state index in [1.165, 1.54) is 17.7 Å². The number of rotatable bonds is 4. The van der Waals surface area contributed by atoms with Gasteiger partial charge in [-0.3, -0.25) is 20.2 Å². The molecule has 0 spiro atoms. The summed E-state index contributed by atoms with van der Waals surface area (Å²) in [6, 6.07) is 3.29. The van der Waals surface area contributed by atoms with Crippen LogP contribution in [-0.2, 0) is 0 Å². The molecule has 1 N–H and O–H groups in total. The molecule has 0 unspecified atom stereocenters. The number of hydrogen-bond donors (Lipinski definition) is 1. The number of benzene rings is 1. The summed E-state index contributed by atoms with van der Waals surface area (Å²) < 4.78 is 0. The van der Waals surface area contributed by atoms with Crippen molar-refractivity contribution in [3.05, 3.63) is 50.1 Å². The number of nitro groups is 2. The van der Waals surface area contributed by atoms with Crippen molar-refractivity contribution < 1.29 is 19.8 Å². The minimum Gasteiger partial charge on any atom is -0.393 e. The van der Waals surface area contributed by atoms with E-state index in [1.807, 2.05) is 0 Å². The molecule has 0 aromatic heterocycles. The predicted octanol–water partition coefficient (Wildman–Crippen LogP) is 5.56. The van der Waals surface area contributed by atoms with E-state index < -0.39 is 15.5 Å². The van der Waals surface area contributed by atoms with Crippen LogP contribution in [0.25, 0.3) is 0 Å². The van der Waals surface area contributed by atoms with Crippen LogP contribution in [0, 0.1) is 48.8 Å². The third-order valence-corrected chi connectivity index (χ3v) is 9.54. The molecule has 0 radical (unpaired) electrons. The van der Waals surface area contributed by atoms with E-state index in [1.54, 1.807) is 0 Å². The summed E-state index contributed by atoms with van der Waals surface area (Å²) in [4.78, 5) is 26.4. The van der Waals surface area contributed by atoms with Gasteiger partial charge in [-0.05, 0) is 92.1 Å². The van der Waals surface area contributed by atoms with E-state index in [9.17, 15) is 25.3 Å². The Morgan fingerprint density at radius 1 is 1.03 bits per heavy atom. The van der Waals surface area contributed by atoms with Crippen molar-refractivity contribution in [3.63, 3.8) is 0 Å². The molecule has 3 saturated carbocycles. The second kappa shape index (κ2) is 8.15. The number of nitrogens with zero attached hydrogens (tertiary/aromatic N) is 3. The molecule has 0 bridgehead atoms. The number of aliphatic hydroxyl groups excluding tert-OH is 1. The highest BCUT2D eigenvalue weighted by atomic mass is 16.7. The van der Waals surface area contributed by atoms with Gasteiger partial charge in [-0.15, -0.1) is 0 Å². The molecule has 0 aliphatic heterocycles. The van der Waals surface area contributed by atoms with Crippen LogP contribution in [0.3, 0.4) is 0 Å². The molecular weight excluding hydrogens is 438 g/mol. The monoisotopic (exact) mass is 469 g/mol. The molecule has 0 heterocycles. The predicted molar refractivity (Wildman–Crippen MR) is 126 cm³/mol. The number of allylic oxidation sites excluding steroid dienone is 2. The van der Waals surface area contributed by atoms with Crippen LogP contribution in [0.2, 0.25) is 0 Å². The lowest BCUT2D eigenvalue weighted by Crippen LogP contribution is -2.51. The molecule has 9 heteroatoms. The van der Waals surface area contributed by atoms with Crippen LogP contribution in [0.1, 0.15) is 65.2 Å². The van der Waals surface area contributed by atoms with Crippen LogP contribution >= 0.6 is 0 Å². The van der Waals surface area contributed by atoms with Crippen molar-refractivity contribution in [2.75, 3.05) is 0 Å². The maximum absolute atomic E-state index is 11.4. The molecule has 4 aliphatic carbocycles. The van der Waals surface area contributed by atoms with Gasteiger partial charge >= 0.3 is 5.69 Å². The molecule has 4 aliphatic rings. The van der Waals surface area contributed by atoms with Gasteiger partial charge in [0.1, 0.15) is 0 Å². The summed E-state index contributed by atoms with van der Waals surface area (Å²) in [7, 11) is 0. The topological polar surface area (TPSA) is 128 Å². The maximum atomic E-state index is 11.4. The lowest BCUT2D eigenvalue weighted by molar-refractivity contribution is -0.394. The largest absolute Gasteiger partial charge is 0.393 e. The standard InChI is InChI=1S/C25H31N3O6/c1-24-11-9-16(26-34-22-7-4-17(27(30)31)14-21(22)28(32)33)13-15(24)3-5-18-19-6-8-23(29)25(19,2)12-10-20(18)24/h4,7,13-14,18-20,23,29H,3,5-6,8-12H2,1-2H3/b26-16-/t18-,19-,20-,23-,24-,25-/m0/s1. The van der Waals surface area contributed by atoms with Crippen molar-refractivity contribution in [1.82, 2.24) is 0 Å². The zero-order valence-corrected chi connectivity index (χ0v) is 19.6. The molecule has 5 rings (SSSR count). The fraction of sp³-hybridized carbons (Fsp3) is 0.640. The zero-order valence-electron chi connectivity index (χ0n) is 19.6. The molecule has 1 aromatic carbocycles. The molecule has 0 amide bonds.